The van der Waals surface area contributed by atoms with E-state index in [9.17, 15) is 19.8 Å². The minimum Gasteiger partial charge on any atom is -0.478 e. The van der Waals surface area contributed by atoms with Crippen LogP contribution in [0.5, 0.6) is 0 Å². The number of fused-ring (bicyclic) bond motifs is 2. The molecule has 0 aliphatic heterocycles. The van der Waals surface area contributed by atoms with Crippen molar-refractivity contribution in [3.05, 3.63) is 34.4 Å². The third-order valence-electron chi connectivity index (χ3n) is 6.25. The predicted molar refractivity (Wildman–Crippen MR) is 88.4 cm³/mol. The number of aryl methyl sites for hydroxylation is 1. The average molecular weight is 329 g/mol. The van der Waals surface area contributed by atoms with E-state index in [0.29, 0.717) is 0 Å². The molecule has 0 amide bonds. The molecule has 128 valence electrons. The molecule has 0 bridgehead atoms. The summed E-state index contributed by atoms with van der Waals surface area (Å²) in [7, 11) is 0. The lowest BCUT2D eigenvalue weighted by atomic mass is 9.98. The van der Waals surface area contributed by atoms with Gasteiger partial charge in [0.2, 0.25) is 0 Å². The van der Waals surface area contributed by atoms with Crippen LogP contribution in [-0.4, -0.2) is 28.7 Å². The summed E-state index contributed by atoms with van der Waals surface area (Å²) < 4.78 is 0. The van der Waals surface area contributed by atoms with Crippen LogP contribution in [0.15, 0.2) is 12.1 Å². The van der Waals surface area contributed by atoms with Gasteiger partial charge >= 0.3 is 11.9 Å². The van der Waals surface area contributed by atoms with E-state index >= 15 is 0 Å². The van der Waals surface area contributed by atoms with Crippen LogP contribution in [0, 0.1) is 17.8 Å². The van der Waals surface area contributed by atoms with Crippen molar-refractivity contribution < 1.29 is 19.8 Å². The van der Waals surface area contributed by atoms with E-state index in [1.165, 1.54) is 25.7 Å². The van der Waals surface area contributed by atoms with Gasteiger partial charge in [-0.2, -0.15) is 0 Å². The molecule has 5 heteroatoms. The van der Waals surface area contributed by atoms with Crippen molar-refractivity contribution in [2.75, 3.05) is 6.54 Å². The number of carboxylic acids is 2. The maximum atomic E-state index is 11.4. The van der Waals surface area contributed by atoms with Gasteiger partial charge in [-0.05, 0) is 73.2 Å². The van der Waals surface area contributed by atoms with Crippen LogP contribution in [0.1, 0.15) is 70.0 Å². The second-order valence-electron chi connectivity index (χ2n) is 7.48. The molecule has 0 heterocycles. The van der Waals surface area contributed by atoms with Crippen molar-refractivity contribution in [1.29, 1.82) is 0 Å². The highest BCUT2D eigenvalue weighted by Gasteiger charge is 2.50. The molecule has 0 saturated heterocycles. The third kappa shape index (κ3) is 2.61. The highest BCUT2D eigenvalue weighted by Crippen LogP contribution is 2.55. The van der Waals surface area contributed by atoms with Gasteiger partial charge in [-0.3, -0.25) is 0 Å². The molecule has 3 unspecified atom stereocenters. The van der Waals surface area contributed by atoms with Crippen LogP contribution in [0.2, 0.25) is 0 Å². The first kappa shape index (κ1) is 15.6. The minimum absolute atomic E-state index is 0.102. The summed E-state index contributed by atoms with van der Waals surface area (Å²) in [4.78, 5) is 22.7. The van der Waals surface area contributed by atoms with Crippen LogP contribution in [0.3, 0.4) is 0 Å². The fourth-order valence-electron chi connectivity index (χ4n) is 4.95. The van der Waals surface area contributed by atoms with Crippen LogP contribution < -0.4 is 5.32 Å². The van der Waals surface area contributed by atoms with Gasteiger partial charge in [0.05, 0.1) is 11.1 Å². The molecule has 0 aromatic heterocycles. The van der Waals surface area contributed by atoms with Gasteiger partial charge in [-0.25, -0.2) is 9.59 Å². The molecular weight excluding hydrogens is 306 g/mol. The molecule has 3 atom stereocenters. The van der Waals surface area contributed by atoms with E-state index < -0.39 is 11.9 Å². The lowest BCUT2D eigenvalue weighted by molar-refractivity contribution is 0.0651. The number of carbonyl (C=O) groups is 2. The zero-order valence-electron chi connectivity index (χ0n) is 13.6. The van der Waals surface area contributed by atoms with Crippen molar-refractivity contribution in [3.63, 3.8) is 0 Å². The van der Waals surface area contributed by atoms with E-state index in [1.807, 2.05) is 0 Å². The standard InChI is InChI=1S/C19H23NO4/c21-18(22)14-7-10-5-6-17(13(10)8-15(14)19(23)24)20-9-16-11-3-1-2-4-12(11)16/h7-8,11-12,16-17,20H,1-6,9H2,(H,21,22)(H,23,24). The van der Waals surface area contributed by atoms with Gasteiger partial charge in [0, 0.05) is 6.04 Å². The molecule has 3 aliphatic carbocycles. The number of benzene rings is 1. The maximum absolute atomic E-state index is 11.4. The van der Waals surface area contributed by atoms with Gasteiger partial charge in [0.25, 0.3) is 0 Å². The Kier molecular flexibility index (Phi) is 3.83. The first-order chi connectivity index (χ1) is 11.6. The average Bonchev–Trinajstić information content (AvgIpc) is 3.13. The molecule has 4 rings (SSSR count). The van der Waals surface area contributed by atoms with Crippen molar-refractivity contribution in [2.45, 2.75) is 44.6 Å². The van der Waals surface area contributed by atoms with E-state index in [4.69, 9.17) is 0 Å². The molecule has 0 radical (unpaired) electrons. The van der Waals surface area contributed by atoms with Crippen LogP contribution in [-0.2, 0) is 6.42 Å². The largest absolute Gasteiger partial charge is 0.478 e. The summed E-state index contributed by atoms with van der Waals surface area (Å²) in [5, 5.41) is 22.2. The third-order valence-corrected chi connectivity index (χ3v) is 6.25. The second kappa shape index (κ2) is 5.88. The topological polar surface area (TPSA) is 86.6 Å². The summed E-state index contributed by atoms with van der Waals surface area (Å²) in [6.45, 7) is 1.00. The Morgan fingerprint density at radius 1 is 1.00 bits per heavy atom. The maximum Gasteiger partial charge on any atom is 0.336 e. The van der Waals surface area contributed by atoms with Crippen molar-refractivity contribution in [3.8, 4) is 0 Å². The van der Waals surface area contributed by atoms with E-state index in [1.54, 1.807) is 12.1 Å². The Morgan fingerprint density at radius 3 is 2.25 bits per heavy atom. The van der Waals surface area contributed by atoms with Crippen LogP contribution >= 0.6 is 0 Å². The Labute approximate surface area is 141 Å². The normalized spacial score (nSPS) is 30.5. The molecular formula is C19H23NO4. The molecule has 1 aromatic rings. The van der Waals surface area contributed by atoms with Gasteiger partial charge in [0.1, 0.15) is 0 Å². The molecule has 24 heavy (non-hydrogen) atoms. The number of hydrogen-bond acceptors (Lipinski definition) is 3. The Bertz CT molecular complexity index is 687. The van der Waals surface area contributed by atoms with E-state index in [2.05, 4.69) is 5.32 Å². The Morgan fingerprint density at radius 2 is 1.62 bits per heavy atom. The van der Waals surface area contributed by atoms with Crippen molar-refractivity contribution >= 4 is 11.9 Å². The molecule has 0 spiro atoms. The summed E-state index contributed by atoms with van der Waals surface area (Å²) >= 11 is 0. The smallest absolute Gasteiger partial charge is 0.336 e. The summed E-state index contributed by atoms with van der Waals surface area (Å²) in [6, 6.07) is 3.29. The first-order valence-electron chi connectivity index (χ1n) is 8.93. The highest BCUT2D eigenvalue weighted by molar-refractivity contribution is 6.02. The zero-order valence-corrected chi connectivity index (χ0v) is 13.6. The summed E-state index contributed by atoms with van der Waals surface area (Å²) in [6.07, 6.45) is 7.19. The van der Waals surface area contributed by atoms with Crippen LogP contribution in [0.25, 0.3) is 0 Å². The van der Waals surface area contributed by atoms with Crippen molar-refractivity contribution in [1.82, 2.24) is 5.32 Å². The minimum atomic E-state index is -1.17. The number of aromatic carboxylic acids is 2. The number of rotatable bonds is 5. The molecule has 5 nitrogen and oxygen atoms in total. The Hall–Kier alpha value is -1.88. The first-order valence-corrected chi connectivity index (χ1v) is 8.93. The second-order valence-corrected chi connectivity index (χ2v) is 7.48. The number of nitrogens with one attached hydrogen (secondary N) is 1. The van der Waals surface area contributed by atoms with Crippen LogP contribution in [0.4, 0.5) is 0 Å². The molecule has 2 saturated carbocycles. The summed E-state index contributed by atoms with van der Waals surface area (Å²) in [5.74, 6) is 0.240. The fraction of sp³-hybridized carbons (Fsp3) is 0.579. The fourth-order valence-corrected chi connectivity index (χ4v) is 4.95. The van der Waals surface area contributed by atoms with Gasteiger partial charge < -0.3 is 15.5 Å². The monoisotopic (exact) mass is 329 g/mol. The molecule has 2 fully saturated rings. The lowest BCUT2D eigenvalue weighted by Gasteiger charge is -2.15. The Balaban J connectivity index is 1.50. The highest BCUT2D eigenvalue weighted by atomic mass is 16.4. The van der Waals surface area contributed by atoms with Gasteiger partial charge in [0.15, 0.2) is 0 Å². The van der Waals surface area contributed by atoms with E-state index in [0.717, 1.165) is 48.3 Å². The summed E-state index contributed by atoms with van der Waals surface area (Å²) in [5.41, 5.74) is 1.74. The predicted octanol–water partition coefficient (Wildman–Crippen LogP) is 3.10. The lowest BCUT2D eigenvalue weighted by Crippen LogP contribution is -2.23. The molecule has 3 N–H and O–H groups in total. The zero-order chi connectivity index (χ0) is 16.8. The SMILES string of the molecule is O=C(O)c1cc2c(cc1C(=O)O)C(NCC1C3CCCCC31)CC2. The van der Waals surface area contributed by atoms with Gasteiger partial charge in [-0.15, -0.1) is 0 Å². The molecule has 3 aliphatic rings. The molecule has 1 aromatic carbocycles. The number of carboxylic acid groups (broad SMARTS) is 2. The van der Waals surface area contributed by atoms with E-state index in [-0.39, 0.29) is 17.2 Å². The van der Waals surface area contributed by atoms with Crippen molar-refractivity contribution in [2.24, 2.45) is 17.8 Å². The van der Waals surface area contributed by atoms with Gasteiger partial charge in [-0.1, -0.05) is 12.8 Å². The quantitative estimate of drug-likeness (QED) is 0.773. The number of hydrogen-bond donors (Lipinski definition) is 3.